The molecule has 19 heavy (non-hydrogen) atoms. The summed E-state index contributed by atoms with van der Waals surface area (Å²) in [5.74, 6) is 0. The van der Waals surface area contributed by atoms with Crippen molar-refractivity contribution in [2.24, 2.45) is 0 Å². The maximum absolute atomic E-state index is 4.43. The first-order valence-corrected chi connectivity index (χ1v) is 7.54. The molecule has 108 valence electrons. The number of piperidine rings is 1. The Morgan fingerprint density at radius 1 is 1.37 bits per heavy atom. The van der Waals surface area contributed by atoms with Crippen LogP contribution in [0.2, 0.25) is 0 Å². The minimum absolute atomic E-state index is 0.599. The van der Waals surface area contributed by atoms with Gasteiger partial charge in [0.25, 0.3) is 0 Å². The van der Waals surface area contributed by atoms with Crippen molar-refractivity contribution in [2.45, 2.75) is 39.3 Å². The molecule has 5 nitrogen and oxygen atoms in total. The van der Waals surface area contributed by atoms with Crippen molar-refractivity contribution in [3.63, 3.8) is 0 Å². The van der Waals surface area contributed by atoms with Gasteiger partial charge in [0.15, 0.2) is 0 Å². The van der Waals surface area contributed by atoms with E-state index in [1.165, 1.54) is 12.8 Å². The second-order valence-corrected chi connectivity index (χ2v) is 5.19. The Labute approximate surface area is 116 Å². The van der Waals surface area contributed by atoms with Crippen LogP contribution >= 0.6 is 0 Å². The van der Waals surface area contributed by atoms with Crippen molar-refractivity contribution >= 4 is 5.69 Å². The first kappa shape index (κ1) is 14.3. The first-order valence-electron chi connectivity index (χ1n) is 7.54. The Morgan fingerprint density at radius 3 is 2.79 bits per heavy atom. The maximum Gasteiger partial charge on any atom is 0.0728 e. The minimum atomic E-state index is 0.599. The lowest BCUT2D eigenvalue weighted by molar-refractivity contribution is 0.285. The van der Waals surface area contributed by atoms with Gasteiger partial charge in [-0.05, 0) is 39.0 Å². The molecule has 0 aromatic carbocycles. The van der Waals surface area contributed by atoms with E-state index in [9.17, 15) is 0 Å². The fraction of sp³-hybridized carbons (Fsp3) is 0.786. The third kappa shape index (κ3) is 4.51. The topological polar surface area (TPSA) is 45.1 Å². The van der Waals surface area contributed by atoms with Crippen molar-refractivity contribution in [2.75, 3.05) is 38.0 Å². The number of nitrogens with zero attached hydrogens (tertiary/aromatic N) is 3. The number of anilines is 1. The highest BCUT2D eigenvalue weighted by atomic mass is 15.3. The van der Waals surface area contributed by atoms with E-state index in [0.29, 0.717) is 6.04 Å². The van der Waals surface area contributed by atoms with Crippen molar-refractivity contribution in [1.82, 2.24) is 20.0 Å². The number of rotatable bonds is 7. The van der Waals surface area contributed by atoms with Gasteiger partial charge in [-0.2, -0.15) is 5.10 Å². The number of hydrogen-bond acceptors (Lipinski definition) is 4. The van der Waals surface area contributed by atoms with Crippen LogP contribution in [0.3, 0.4) is 0 Å². The fourth-order valence-electron chi connectivity index (χ4n) is 2.55. The molecule has 1 aromatic heterocycles. The molecule has 5 heteroatoms. The lowest BCUT2D eigenvalue weighted by atomic mass is 10.1. The quantitative estimate of drug-likeness (QED) is 0.782. The van der Waals surface area contributed by atoms with Crippen LogP contribution < -0.4 is 10.6 Å². The van der Waals surface area contributed by atoms with E-state index in [1.54, 1.807) is 0 Å². The normalized spacial score (nSPS) is 17.0. The molecule has 2 heterocycles. The van der Waals surface area contributed by atoms with Crippen molar-refractivity contribution in [1.29, 1.82) is 0 Å². The van der Waals surface area contributed by atoms with Gasteiger partial charge in [-0.15, -0.1) is 0 Å². The van der Waals surface area contributed by atoms with Crippen LogP contribution in [0, 0.1) is 0 Å². The van der Waals surface area contributed by atoms with Crippen LogP contribution in [0.5, 0.6) is 0 Å². The summed E-state index contributed by atoms with van der Waals surface area (Å²) >= 11 is 0. The monoisotopic (exact) mass is 265 g/mol. The molecule has 0 spiro atoms. The highest BCUT2D eigenvalue weighted by molar-refractivity contribution is 5.39. The van der Waals surface area contributed by atoms with E-state index in [0.717, 1.165) is 45.0 Å². The third-order valence-corrected chi connectivity index (χ3v) is 3.88. The second-order valence-electron chi connectivity index (χ2n) is 5.19. The van der Waals surface area contributed by atoms with Crippen LogP contribution in [0.25, 0.3) is 0 Å². The van der Waals surface area contributed by atoms with E-state index in [2.05, 4.69) is 40.7 Å². The number of nitrogens with one attached hydrogen (secondary N) is 2. The smallest absolute Gasteiger partial charge is 0.0728 e. The van der Waals surface area contributed by atoms with E-state index in [-0.39, 0.29) is 0 Å². The van der Waals surface area contributed by atoms with Crippen LogP contribution in [0.4, 0.5) is 5.69 Å². The largest absolute Gasteiger partial charge is 0.380 e. The molecule has 1 saturated heterocycles. The van der Waals surface area contributed by atoms with Gasteiger partial charge < -0.3 is 15.5 Å². The molecule has 1 aromatic rings. The summed E-state index contributed by atoms with van der Waals surface area (Å²) in [5.41, 5.74) is 1.16. The van der Waals surface area contributed by atoms with Gasteiger partial charge in [0.05, 0.1) is 18.4 Å². The van der Waals surface area contributed by atoms with Gasteiger partial charge >= 0.3 is 0 Å². The summed E-state index contributed by atoms with van der Waals surface area (Å²) in [7, 11) is 0. The van der Waals surface area contributed by atoms with Crippen LogP contribution in [0.15, 0.2) is 12.4 Å². The first-order chi connectivity index (χ1) is 9.31. The lowest BCUT2D eigenvalue weighted by Crippen LogP contribution is -2.35. The molecule has 0 bridgehead atoms. The molecule has 0 aliphatic carbocycles. The Balaban J connectivity index is 1.77. The van der Waals surface area contributed by atoms with Gasteiger partial charge in [0, 0.05) is 18.8 Å². The standard InChI is InChI=1S/C14H27N5/c1-3-18(4-2)9-10-19-12-14(11-16-19)17-13-5-7-15-8-6-13/h11-13,15,17H,3-10H2,1-2H3. The molecule has 0 saturated carbocycles. The van der Waals surface area contributed by atoms with Crippen molar-refractivity contribution < 1.29 is 0 Å². The average molecular weight is 265 g/mol. The van der Waals surface area contributed by atoms with Crippen molar-refractivity contribution in [3.05, 3.63) is 12.4 Å². The van der Waals surface area contributed by atoms with Crippen LogP contribution in [0.1, 0.15) is 26.7 Å². The molecular formula is C14H27N5. The molecule has 2 rings (SSSR count). The Bertz CT molecular complexity index is 352. The number of likely N-dealkylation sites (N-methyl/N-ethyl adjacent to an activating group) is 1. The summed E-state index contributed by atoms with van der Waals surface area (Å²) in [5, 5.41) is 11.4. The summed E-state index contributed by atoms with van der Waals surface area (Å²) in [6, 6.07) is 0.599. The molecule has 0 radical (unpaired) electrons. The van der Waals surface area contributed by atoms with Crippen molar-refractivity contribution in [3.8, 4) is 0 Å². The third-order valence-electron chi connectivity index (χ3n) is 3.88. The molecule has 0 atom stereocenters. The van der Waals surface area contributed by atoms with Crippen LogP contribution in [-0.2, 0) is 6.54 Å². The summed E-state index contributed by atoms with van der Waals surface area (Å²) in [6.07, 6.45) is 6.48. The SMILES string of the molecule is CCN(CC)CCn1cc(NC2CCNCC2)cn1. The number of hydrogen-bond donors (Lipinski definition) is 2. The summed E-state index contributed by atoms with van der Waals surface area (Å²) < 4.78 is 2.04. The molecule has 0 unspecified atom stereocenters. The van der Waals surface area contributed by atoms with Gasteiger partial charge in [-0.1, -0.05) is 13.8 Å². The zero-order chi connectivity index (χ0) is 13.5. The summed E-state index contributed by atoms with van der Waals surface area (Å²) in [4.78, 5) is 2.42. The Hall–Kier alpha value is -1.07. The Morgan fingerprint density at radius 2 is 2.11 bits per heavy atom. The average Bonchev–Trinajstić information content (AvgIpc) is 2.89. The molecule has 0 amide bonds. The van der Waals surface area contributed by atoms with Gasteiger partial charge in [-0.25, -0.2) is 0 Å². The van der Waals surface area contributed by atoms with E-state index >= 15 is 0 Å². The summed E-state index contributed by atoms with van der Waals surface area (Å²) in [6.45, 7) is 10.9. The van der Waals surface area contributed by atoms with Crippen LogP contribution in [-0.4, -0.2) is 53.4 Å². The predicted molar refractivity (Wildman–Crippen MR) is 79.5 cm³/mol. The van der Waals surface area contributed by atoms with Gasteiger partial charge in [0.1, 0.15) is 0 Å². The molecule has 1 fully saturated rings. The number of aromatic nitrogens is 2. The molecule has 1 aliphatic rings. The predicted octanol–water partition coefficient (Wildman–Crippen LogP) is 1.39. The van der Waals surface area contributed by atoms with E-state index in [4.69, 9.17) is 0 Å². The van der Waals surface area contributed by atoms with Gasteiger partial charge in [-0.3, -0.25) is 4.68 Å². The molecule has 1 aliphatic heterocycles. The lowest BCUT2D eigenvalue weighted by Gasteiger charge is -2.23. The molecule has 2 N–H and O–H groups in total. The molecular weight excluding hydrogens is 238 g/mol. The zero-order valence-electron chi connectivity index (χ0n) is 12.2. The maximum atomic E-state index is 4.43. The highest BCUT2D eigenvalue weighted by Crippen LogP contribution is 2.12. The minimum Gasteiger partial charge on any atom is -0.380 e. The highest BCUT2D eigenvalue weighted by Gasteiger charge is 2.13. The van der Waals surface area contributed by atoms with E-state index < -0.39 is 0 Å². The van der Waals surface area contributed by atoms with Gasteiger partial charge in [0.2, 0.25) is 0 Å². The fourth-order valence-corrected chi connectivity index (χ4v) is 2.55. The Kier molecular flexibility index (Phi) is 5.66. The van der Waals surface area contributed by atoms with E-state index in [1.807, 2.05) is 10.9 Å². The second kappa shape index (κ2) is 7.50. The zero-order valence-corrected chi connectivity index (χ0v) is 12.2.